The highest BCUT2D eigenvalue weighted by Gasteiger charge is 2.45. The Morgan fingerprint density at radius 1 is 1.35 bits per heavy atom. The van der Waals surface area contributed by atoms with Crippen LogP contribution < -0.4 is 5.32 Å². The van der Waals surface area contributed by atoms with Crippen LogP contribution in [0.25, 0.3) is 5.69 Å². The van der Waals surface area contributed by atoms with Crippen molar-refractivity contribution in [2.75, 3.05) is 26.2 Å². The van der Waals surface area contributed by atoms with Gasteiger partial charge in [-0.15, -0.1) is 22.6 Å². The molecule has 0 saturated carbocycles. The summed E-state index contributed by atoms with van der Waals surface area (Å²) in [6.45, 7) is 2.45. The molecule has 0 aliphatic carbocycles. The Bertz CT molecular complexity index is 754. The Hall–Kier alpha value is -1.96. The molecule has 2 saturated heterocycles. The molecule has 2 aliphatic heterocycles. The number of aliphatic hydroxyl groups is 1. The van der Waals surface area contributed by atoms with Crippen molar-refractivity contribution in [3.05, 3.63) is 42.5 Å². The number of halogens is 1. The SMILES string of the molecule is Cl.O=C(c1cccc(-n2cnnc2)c1)N1CC[C@H]2NCCC[C@]2(CO)C1. The lowest BCUT2D eigenvalue weighted by Gasteiger charge is -2.50. The summed E-state index contributed by atoms with van der Waals surface area (Å²) in [5.41, 5.74) is 1.31. The molecule has 140 valence electrons. The van der Waals surface area contributed by atoms with Crippen molar-refractivity contribution in [3.8, 4) is 5.69 Å². The molecule has 7 nitrogen and oxygen atoms in total. The van der Waals surface area contributed by atoms with Gasteiger partial charge in [-0.2, -0.15) is 0 Å². The van der Waals surface area contributed by atoms with Crippen molar-refractivity contribution in [1.29, 1.82) is 0 Å². The third-order valence-electron chi connectivity index (χ3n) is 5.59. The second kappa shape index (κ2) is 7.73. The normalized spacial score (nSPS) is 25.3. The number of benzene rings is 1. The van der Waals surface area contributed by atoms with Gasteiger partial charge in [0.1, 0.15) is 12.7 Å². The van der Waals surface area contributed by atoms with Gasteiger partial charge in [-0.05, 0) is 44.0 Å². The fraction of sp³-hybridized carbons (Fsp3) is 0.500. The topological polar surface area (TPSA) is 83.3 Å². The van der Waals surface area contributed by atoms with E-state index in [-0.39, 0.29) is 30.3 Å². The molecule has 8 heteroatoms. The third-order valence-corrected chi connectivity index (χ3v) is 5.59. The number of likely N-dealkylation sites (tertiary alicyclic amines) is 1. The van der Waals surface area contributed by atoms with E-state index >= 15 is 0 Å². The van der Waals surface area contributed by atoms with Crippen LogP contribution in [0.1, 0.15) is 29.6 Å². The molecule has 2 fully saturated rings. The molecule has 0 radical (unpaired) electrons. The number of nitrogens with zero attached hydrogens (tertiary/aromatic N) is 4. The first-order valence-electron chi connectivity index (χ1n) is 8.80. The summed E-state index contributed by atoms with van der Waals surface area (Å²) in [5, 5.41) is 21.2. The molecule has 2 aromatic rings. The first-order valence-corrected chi connectivity index (χ1v) is 8.80. The van der Waals surface area contributed by atoms with Gasteiger partial charge in [-0.3, -0.25) is 9.36 Å². The van der Waals surface area contributed by atoms with E-state index in [1.807, 2.05) is 29.2 Å². The zero-order chi connectivity index (χ0) is 17.3. The number of fused-ring (bicyclic) bond motifs is 1. The molecule has 0 unspecified atom stereocenters. The van der Waals surface area contributed by atoms with Gasteiger partial charge in [0, 0.05) is 35.8 Å². The second-order valence-corrected chi connectivity index (χ2v) is 7.07. The number of nitrogens with one attached hydrogen (secondary N) is 1. The summed E-state index contributed by atoms with van der Waals surface area (Å²) in [4.78, 5) is 14.9. The molecular weight excluding hydrogens is 354 g/mol. The fourth-order valence-electron chi connectivity index (χ4n) is 4.18. The quantitative estimate of drug-likeness (QED) is 0.841. The summed E-state index contributed by atoms with van der Waals surface area (Å²) in [6, 6.07) is 7.81. The highest BCUT2D eigenvalue weighted by Crippen LogP contribution is 2.37. The van der Waals surface area contributed by atoms with E-state index in [0.29, 0.717) is 18.2 Å². The van der Waals surface area contributed by atoms with Gasteiger partial charge < -0.3 is 15.3 Å². The Morgan fingerprint density at radius 2 is 2.15 bits per heavy atom. The highest BCUT2D eigenvalue weighted by molar-refractivity contribution is 5.95. The Morgan fingerprint density at radius 3 is 2.92 bits per heavy atom. The predicted molar refractivity (Wildman–Crippen MR) is 99.7 cm³/mol. The van der Waals surface area contributed by atoms with Crippen molar-refractivity contribution in [2.45, 2.75) is 25.3 Å². The van der Waals surface area contributed by atoms with E-state index in [9.17, 15) is 9.90 Å². The Kier molecular flexibility index (Phi) is 5.60. The molecule has 0 spiro atoms. The number of hydrogen-bond donors (Lipinski definition) is 2. The number of aromatic nitrogens is 3. The van der Waals surface area contributed by atoms with Crippen LogP contribution in [0.2, 0.25) is 0 Å². The standard InChI is InChI=1S/C18H23N5O2.ClH/c24-11-18-6-2-7-19-16(18)5-8-22(10-18)17(25)14-3-1-4-15(9-14)23-12-20-21-13-23;/h1,3-4,9,12-13,16,19,24H,2,5-8,10-11H2;1H/t16-,18-;/m1./s1. The number of rotatable bonds is 3. The van der Waals surface area contributed by atoms with Crippen LogP contribution in [0.15, 0.2) is 36.9 Å². The summed E-state index contributed by atoms with van der Waals surface area (Å²) in [5.74, 6) is 0.0202. The summed E-state index contributed by atoms with van der Waals surface area (Å²) in [7, 11) is 0. The van der Waals surface area contributed by atoms with Crippen LogP contribution in [0.3, 0.4) is 0 Å². The molecule has 1 aromatic carbocycles. The van der Waals surface area contributed by atoms with Crippen molar-refractivity contribution in [2.24, 2.45) is 5.41 Å². The van der Waals surface area contributed by atoms with E-state index < -0.39 is 0 Å². The maximum Gasteiger partial charge on any atom is 0.253 e. The minimum Gasteiger partial charge on any atom is -0.396 e. The van der Waals surface area contributed by atoms with Crippen molar-refractivity contribution < 1.29 is 9.90 Å². The Balaban J connectivity index is 0.00000196. The lowest BCUT2D eigenvalue weighted by Crippen LogP contribution is -2.62. The average Bonchev–Trinajstić information content (AvgIpc) is 3.22. The van der Waals surface area contributed by atoms with Gasteiger partial charge >= 0.3 is 0 Å². The molecule has 2 aliphatic rings. The highest BCUT2D eigenvalue weighted by atomic mass is 35.5. The minimum atomic E-state index is -0.210. The summed E-state index contributed by atoms with van der Waals surface area (Å²) in [6.07, 6.45) is 6.12. The largest absolute Gasteiger partial charge is 0.396 e. The van der Waals surface area contributed by atoms with Crippen LogP contribution in [0.5, 0.6) is 0 Å². The molecule has 4 rings (SSSR count). The monoisotopic (exact) mass is 377 g/mol. The number of piperidine rings is 2. The van der Waals surface area contributed by atoms with Crippen LogP contribution in [0.4, 0.5) is 0 Å². The smallest absolute Gasteiger partial charge is 0.253 e. The zero-order valence-corrected chi connectivity index (χ0v) is 15.4. The molecule has 3 heterocycles. The predicted octanol–water partition coefficient (Wildman–Crippen LogP) is 1.27. The van der Waals surface area contributed by atoms with Gasteiger partial charge in [0.05, 0.1) is 6.61 Å². The number of hydrogen-bond acceptors (Lipinski definition) is 5. The maximum absolute atomic E-state index is 13.0. The van der Waals surface area contributed by atoms with E-state index in [2.05, 4.69) is 15.5 Å². The molecule has 26 heavy (non-hydrogen) atoms. The number of amides is 1. The minimum absolute atomic E-state index is 0. The molecule has 1 aromatic heterocycles. The number of carbonyl (C=O) groups is 1. The zero-order valence-electron chi connectivity index (χ0n) is 14.5. The van der Waals surface area contributed by atoms with E-state index in [1.165, 1.54) is 0 Å². The van der Waals surface area contributed by atoms with E-state index in [0.717, 1.165) is 38.0 Å². The first kappa shape index (κ1) is 18.8. The van der Waals surface area contributed by atoms with E-state index in [1.54, 1.807) is 17.2 Å². The molecule has 2 N–H and O–H groups in total. The lowest BCUT2D eigenvalue weighted by molar-refractivity contribution is -0.0137. The van der Waals surface area contributed by atoms with Gasteiger partial charge in [0.15, 0.2) is 0 Å². The van der Waals surface area contributed by atoms with Gasteiger partial charge in [0.2, 0.25) is 0 Å². The van der Waals surface area contributed by atoms with Gasteiger partial charge in [-0.1, -0.05) is 6.07 Å². The van der Waals surface area contributed by atoms with Crippen LogP contribution >= 0.6 is 12.4 Å². The van der Waals surface area contributed by atoms with Crippen molar-refractivity contribution >= 4 is 18.3 Å². The van der Waals surface area contributed by atoms with Gasteiger partial charge in [-0.25, -0.2) is 0 Å². The first-order chi connectivity index (χ1) is 12.2. The van der Waals surface area contributed by atoms with Crippen LogP contribution in [-0.2, 0) is 0 Å². The fourth-order valence-corrected chi connectivity index (χ4v) is 4.18. The van der Waals surface area contributed by atoms with E-state index in [4.69, 9.17) is 0 Å². The van der Waals surface area contributed by atoms with Gasteiger partial charge in [0.25, 0.3) is 5.91 Å². The summed E-state index contributed by atoms with van der Waals surface area (Å²) >= 11 is 0. The number of aliphatic hydroxyl groups excluding tert-OH is 1. The van der Waals surface area contributed by atoms with Crippen LogP contribution in [-0.4, -0.2) is 63.0 Å². The lowest BCUT2D eigenvalue weighted by atomic mass is 9.70. The third kappa shape index (κ3) is 3.34. The molecule has 0 bridgehead atoms. The summed E-state index contributed by atoms with van der Waals surface area (Å²) < 4.78 is 1.78. The number of carbonyl (C=O) groups excluding carboxylic acids is 1. The van der Waals surface area contributed by atoms with Crippen molar-refractivity contribution in [1.82, 2.24) is 25.0 Å². The molecule has 2 atom stereocenters. The maximum atomic E-state index is 13.0. The Labute approximate surface area is 158 Å². The van der Waals surface area contributed by atoms with Crippen molar-refractivity contribution in [3.63, 3.8) is 0 Å². The molecule has 1 amide bonds. The second-order valence-electron chi connectivity index (χ2n) is 7.07. The average molecular weight is 378 g/mol. The van der Waals surface area contributed by atoms with Crippen LogP contribution in [0, 0.1) is 5.41 Å². The molecular formula is C18H24ClN5O2.